The van der Waals surface area contributed by atoms with Gasteiger partial charge in [0.15, 0.2) is 5.13 Å². The van der Waals surface area contributed by atoms with Crippen molar-refractivity contribution in [2.24, 2.45) is 0 Å². The minimum absolute atomic E-state index is 0.215. The molecule has 0 N–H and O–H groups in total. The summed E-state index contributed by atoms with van der Waals surface area (Å²) in [5, 5.41) is 0.425. The second-order valence-electron chi connectivity index (χ2n) is 5.83. The molecule has 0 saturated carbocycles. The maximum Gasteiger partial charge on any atom is 0.253 e. The van der Waals surface area contributed by atoms with Crippen LogP contribution in [0.1, 0.15) is 11.3 Å². The molecule has 0 saturated heterocycles. The number of furan rings is 1. The summed E-state index contributed by atoms with van der Waals surface area (Å²) >= 11 is 1.27. The Bertz CT molecular complexity index is 1090. The predicted octanol–water partition coefficient (Wildman–Crippen LogP) is 5.28. The fourth-order valence-corrected chi connectivity index (χ4v) is 3.62. The molecule has 4 rings (SSSR count). The average molecular weight is 378 g/mol. The predicted molar refractivity (Wildman–Crippen MR) is 105 cm³/mol. The summed E-state index contributed by atoms with van der Waals surface area (Å²) in [6.07, 6.45) is 4.78. The van der Waals surface area contributed by atoms with Gasteiger partial charge in [-0.05, 0) is 35.9 Å². The van der Waals surface area contributed by atoms with Crippen LogP contribution in [0.2, 0.25) is 0 Å². The third-order valence-electron chi connectivity index (χ3n) is 3.97. The van der Waals surface area contributed by atoms with E-state index < -0.39 is 5.82 Å². The van der Waals surface area contributed by atoms with Crippen molar-refractivity contribution in [3.05, 3.63) is 90.1 Å². The topological polar surface area (TPSA) is 46.3 Å². The number of thiazole rings is 1. The van der Waals surface area contributed by atoms with Gasteiger partial charge >= 0.3 is 0 Å². The summed E-state index contributed by atoms with van der Waals surface area (Å²) in [6.45, 7) is 0.215. The molecule has 0 bridgehead atoms. The Morgan fingerprint density at radius 3 is 2.70 bits per heavy atom. The van der Waals surface area contributed by atoms with Crippen LogP contribution in [0.3, 0.4) is 0 Å². The third-order valence-corrected chi connectivity index (χ3v) is 5.01. The molecule has 0 atom stereocenters. The second-order valence-corrected chi connectivity index (χ2v) is 6.84. The first-order valence-corrected chi connectivity index (χ1v) is 9.14. The Morgan fingerprint density at radius 1 is 1.11 bits per heavy atom. The number of anilines is 1. The standard InChI is InChI=1S/C21H15FN2O2S/c22-17-9-4-10-18-20(17)23-21(27-18)24(14-16-8-5-13-26-16)19(25)12-11-15-6-2-1-3-7-15/h1-13H,14H2/b12-11+. The zero-order valence-electron chi connectivity index (χ0n) is 14.2. The highest BCUT2D eigenvalue weighted by Gasteiger charge is 2.20. The lowest BCUT2D eigenvalue weighted by Crippen LogP contribution is -2.28. The van der Waals surface area contributed by atoms with Crippen molar-refractivity contribution in [3.8, 4) is 0 Å². The maximum atomic E-state index is 14.0. The molecule has 0 aliphatic rings. The van der Waals surface area contributed by atoms with Crippen LogP contribution in [0.5, 0.6) is 0 Å². The van der Waals surface area contributed by atoms with Crippen molar-refractivity contribution >= 4 is 38.7 Å². The van der Waals surface area contributed by atoms with Gasteiger partial charge in [-0.15, -0.1) is 0 Å². The molecule has 2 aromatic carbocycles. The van der Waals surface area contributed by atoms with E-state index in [2.05, 4.69) is 4.98 Å². The van der Waals surface area contributed by atoms with Gasteiger partial charge in [-0.25, -0.2) is 9.37 Å². The molecule has 0 unspecified atom stereocenters. The SMILES string of the molecule is O=C(/C=C/c1ccccc1)N(Cc1ccco1)c1nc2c(F)cccc2s1. The fourth-order valence-electron chi connectivity index (χ4n) is 2.64. The Hall–Kier alpha value is -3.25. The largest absolute Gasteiger partial charge is 0.467 e. The van der Waals surface area contributed by atoms with Gasteiger partial charge in [-0.1, -0.05) is 47.7 Å². The molecule has 2 heterocycles. The third kappa shape index (κ3) is 3.80. The van der Waals surface area contributed by atoms with Gasteiger partial charge in [-0.2, -0.15) is 0 Å². The zero-order valence-corrected chi connectivity index (χ0v) is 15.0. The number of rotatable bonds is 5. The normalized spacial score (nSPS) is 11.3. The molecule has 134 valence electrons. The van der Waals surface area contributed by atoms with Crippen LogP contribution < -0.4 is 4.90 Å². The number of nitrogens with zero attached hydrogens (tertiary/aromatic N) is 2. The minimum Gasteiger partial charge on any atom is -0.467 e. The van der Waals surface area contributed by atoms with Crippen molar-refractivity contribution in [3.63, 3.8) is 0 Å². The van der Waals surface area contributed by atoms with Crippen LogP contribution in [0.15, 0.2) is 77.4 Å². The number of carbonyl (C=O) groups excluding carboxylic acids is 1. The molecule has 4 aromatic rings. The van der Waals surface area contributed by atoms with E-state index in [-0.39, 0.29) is 18.0 Å². The summed E-state index contributed by atoms with van der Waals surface area (Å²) in [7, 11) is 0. The van der Waals surface area contributed by atoms with Gasteiger partial charge in [0.05, 0.1) is 17.5 Å². The lowest BCUT2D eigenvalue weighted by Gasteiger charge is -2.16. The number of benzene rings is 2. The number of para-hydroxylation sites is 1. The van der Waals surface area contributed by atoms with Crippen molar-refractivity contribution in [1.29, 1.82) is 0 Å². The first-order chi connectivity index (χ1) is 13.2. The highest BCUT2D eigenvalue weighted by molar-refractivity contribution is 7.22. The zero-order chi connectivity index (χ0) is 18.6. The smallest absolute Gasteiger partial charge is 0.253 e. The van der Waals surface area contributed by atoms with Crippen LogP contribution >= 0.6 is 11.3 Å². The van der Waals surface area contributed by atoms with Gasteiger partial charge in [0.25, 0.3) is 5.91 Å². The summed E-state index contributed by atoms with van der Waals surface area (Å²) in [4.78, 5) is 18.7. The van der Waals surface area contributed by atoms with E-state index in [9.17, 15) is 9.18 Å². The fraction of sp³-hybridized carbons (Fsp3) is 0.0476. The monoisotopic (exact) mass is 378 g/mol. The highest BCUT2D eigenvalue weighted by atomic mass is 32.1. The average Bonchev–Trinajstić information content (AvgIpc) is 3.35. The lowest BCUT2D eigenvalue weighted by molar-refractivity contribution is -0.114. The molecule has 0 fully saturated rings. The molecule has 1 amide bonds. The number of fused-ring (bicyclic) bond motifs is 1. The molecule has 2 aromatic heterocycles. The van der Waals surface area contributed by atoms with Crippen LogP contribution in [0, 0.1) is 5.82 Å². The minimum atomic E-state index is -0.403. The quantitative estimate of drug-likeness (QED) is 0.444. The molecule has 27 heavy (non-hydrogen) atoms. The van der Waals surface area contributed by atoms with E-state index in [1.54, 1.807) is 36.6 Å². The summed E-state index contributed by atoms with van der Waals surface area (Å²) in [5.74, 6) is -0.0360. The van der Waals surface area contributed by atoms with E-state index in [1.165, 1.54) is 28.4 Å². The molecular weight excluding hydrogens is 363 g/mol. The summed E-state index contributed by atoms with van der Waals surface area (Å²) in [5.41, 5.74) is 1.18. The number of aromatic nitrogens is 1. The Kier molecular flexibility index (Phi) is 4.80. The van der Waals surface area contributed by atoms with Crippen LogP contribution in [-0.4, -0.2) is 10.9 Å². The number of halogens is 1. The molecule has 0 aliphatic heterocycles. The van der Waals surface area contributed by atoms with E-state index in [4.69, 9.17) is 4.42 Å². The molecule has 0 radical (unpaired) electrons. The van der Waals surface area contributed by atoms with E-state index in [0.717, 1.165) is 5.56 Å². The van der Waals surface area contributed by atoms with Gasteiger partial charge in [-0.3, -0.25) is 9.69 Å². The Morgan fingerprint density at radius 2 is 1.96 bits per heavy atom. The summed E-state index contributed by atoms with van der Waals surface area (Å²) < 4.78 is 20.1. The van der Waals surface area contributed by atoms with Gasteiger partial charge < -0.3 is 4.42 Å². The molecule has 0 spiro atoms. The number of amides is 1. The van der Waals surface area contributed by atoms with E-state index >= 15 is 0 Å². The number of carbonyl (C=O) groups is 1. The lowest BCUT2D eigenvalue weighted by atomic mass is 10.2. The Labute approximate surface area is 159 Å². The van der Waals surface area contributed by atoms with Crippen molar-refractivity contribution < 1.29 is 13.6 Å². The molecule has 6 heteroatoms. The van der Waals surface area contributed by atoms with Crippen LogP contribution in [0.4, 0.5) is 9.52 Å². The molecular formula is C21H15FN2O2S. The van der Waals surface area contributed by atoms with E-state index in [1.807, 2.05) is 30.3 Å². The first-order valence-electron chi connectivity index (χ1n) is 8.33. The van der Waals surface area contributed by atoms with Gasteiger partial charge in [0.2, 0.25) is 0 Å². The van der Waals surface area contributed by atoms with Gasteiger partial charge in [0, 0.05) is 6.08 Å². The van der Waals surface area contributed by atoms with Gasteiger partial charge in [0.1, 0.15) is 17.1 Å². The van der Waals surface area contributed by atoms with Crippen molar-refractivity contribution in [1.82, 2.24) is 4.98 Å². The highest BCUT2D eigenvalue weighted by Crippen LogP contribution is 2.31. The maximum absolute atomic E-state index is 14.0. The number of hydrogen-bond acceptors (Lipinski definition) is 4. The second kappa shape index (κ2) is 7.55. The van der Waals surface area contributed by atoms with Crippen LogP contribution in [-0.2, 0) is 11.3 Å². The van der Waals surface area contributed by atoms with E-state index in [0.29, 0.717) is 15.6 Å². The summed E-state index contributed by atoms with van der Waals surface area (Å²) in [6, 6.07) is 17.9. The molecule has 4 nitrogen and oxygen atoms in total. The Balaban J connectivity index is 1.68. The van der Waals surface area contributed by atoms with Crippen molar-refractivity contribution in [2.75, 3.05) is 4.90 Å². The van der Waals surface area contributed by atoms with Crippen molar-refractivity contribution in [2.45, 2.75) is 6.54 Å². The van der Waals surface area contributed by atoms with Crippen LogP contribution in [0.25, 0.3) is 16.3 Å². The molecule has 0 aliphatic carbocycles. The first kappa shape index (κ1) is 17.2. The number of hydrogen-bond donors (Lipinski definition) is 0.